The maximum atomic E-state index is 10.4. The number of thiol groups is 1. The summed E-state index contributed by atoms with van der Waals surface area (Å²) < 4.78 is 20.2. The van der Waals surface area contributed by atoms with E-state index in [1.807, 2.05) is 5.32 Å². The average Bonchev–Trinajstić information content (AvgIpc) is 1.83. The van der Waals surface area contributed by atoms with Gasteiger partial charge in [-0.25, -0.2) is 13.2 Å². The largest absolute Gasteiger partial charge is 0.480 e. The Morgan fingerprint density at radius 2 is 2.00 bits per heavy atom. The lowest BCUT2D eigenvalue weighted by Crippen LogP contribution is -2.42. The zero-order valence-electron chi connectivity index (χ0n) is 6.31. The molecule has 1 amide bonds. The van der Waals surface area contributed by atoms with E-state index in [0.29, 0.717) is 0 Å². The van der Waals surface area contributed by atoms with Crippen molar-refractivity contribution >= 4 is 22.6 Å². The molecule has 0 aromatic carbocycles. The average molecular weight is 195 g/mol. The van der Waals surface area contributed by atoms with Gasteiger partial charge in [0, 0.05) is 6.92 Å². The molecule has 0 radical (unpaired) electrons. The monoisotopic (exact) mass is 195 g/mol. The Bertz CT molecular complexity index is 251. The number of rotatable bonds is 4. The standard InChI is InChI=1S/C5H9NO5S/c1-3(7)6-4(5(8)9)2-12(10)11/h4,12H,2H2,1H3,(H,6,7)(H,8,9)/t4-/m0/s1. The number of amides is 1. The molecule has 0 aliphatic rings. The molecule has 0 saturated heterocycles. The Morgan fingerprint density at radius 3 is 2.25 bits per heavy atom. The molecule has 0 spiro atoms. The minimum Gasteiger partial charge on any atom is -0.480 e. The predicted octanol–water partition coefficient (Wildman–Crippen LogP) is -1.81. The number of hydrogen-bond acceptors (Lipinski definition) is 4. The van der Waals surface area contributed by atoms with Gasteiger partial charge in [-0.2, -0.15) is 0 Å². The Balaban J connectivity index is 4.23. The zero-order valence-corrected chi connectivity index (χ0v) is 7.21. The minimum atomic E-state index is -2.80. The number of carboxylic acid groups (broad SMARTS) is 1. The molecule has 1 atom stereocenters. The molecule has 6 nitrogen and oxygen atoms in total. The summed E-state index contributed by atoms with van der Waals surface area (Å²) in [7, 11) is -2.80. The Morgan fingerprint density at radius 1 is 1.50 bits per heavy atom. The van der Waals surface area contributed by atoms with Crippen LogP contribution in [-0.2, 0) is 20.3 Å². The molecule has 0 aliphatic heterocycles. The van der Waals surface area contributed by atoms with Crippen LogP contribution in [0, 0.1) is 0 Å². The second-order valence-electron chi connectivity index (χ2n) is 2.11. The Labute approximate surface area is 70.5 Å². The molecular weight excluding hydrogens is 186 g/mol. The number of nitrogens with one attached hydrogen (secondary N) is 1. The van der Waals surface area contributed by atoms with Crippen LogP contribution in [0.1, 0.15) is 6.92 Å². The summed E-state index contributed by atoms with van der Waals surface area (Å²) in [4.78, 5) is 20.7. The zero-order chi connectivity index (χ0) is 9.72. The van der Waals surface area contributed by atoms with Crippen LogP contribution < -0.4 is 5.32 Å². The van der Waals surface area contributed by atoms with E-state index in [9.17, 15) is 18.0 Å². The van der Waals surface area contributed by atoms with Crippen molar-refractivity contribution in [2.45, 2.75) is 13.0 Å². The van der Waals surface area contributed by atoms with Crippen molar-refractivity contribution in [2.24, 2.45) is 0 Å². The number of carbonyl (C=O) groups is 2. The highest BCUT2D eigenvalue weighted by Gasteiger charge is 2.18. The first kappa shape index (κ1) is 10.9. The molecule has 0 unspecified atom stereocenters. The summed E-state index contributed by atoms with van der Waals surface area (Å²) in [6.45, 7) is 1.12. The summed E-state index contributed by atoms with van der Waals surface area (Å²) in [5, 5.41) is 10.4. The number of carboxylic acids is 1. The first-order chi connectivity index (χ1) is 5.43. The van der Waals surface area contributed by atoms with E-state index >= 15 is 0 Å². The molecule has 0 aliphatic carbocycles. The molecular formula is C5H9NO5S. The van der Waals surface area contributed by atoms with E-state index in [0.717, 1.165) is 6.92 Å². The van der Waals surface area contributed by atoms with Crippen LogP contribution in [0.5, 0.6) is 0 Å². The van der Waals surface area contributed by atoms with Crippen molar-refractivity contribution in [2.75, 3.05) is 5.75 Å². The van der Waals surface area contributed by atoms with Crippen LogP contribution in [0.3, 0.4) is 0 Å². The first-order valence-electron chi connectivity index (χ1n) is 3.05. The number of hydrogen-bond donors (Lipinski definition) is 3. The lowest BCUT2D eigenvalue weighted by Gasteiger charge is -2.08. The third-order valence-electron chi connectivity index (χ3n) is 1.01. The van der Waals surface area contributed by atoms with E-state index in [1.165, 1.54) is 0 Å². The summed E-state index contributed by atoms with van der Waals surface area (Å²) in [6.07, 6.45) is 0. The molecule has 0 rings (SSSR count). The third-order valence-corrected chi connectivity index (χ3v) is 1.67. The normalized spacial score (nSPS) is 12.5. The molecule has 0 saturated carbocycles. The van der Waals surface area contributed by atoms with Crippen LogP contribution in [0.2, 0.25) is 0 Å². The minimum absolute atomic E-state index is 0.570. The summed E-state index contributed by atoms with van der Waals surface area (Å²) in [6, 6.07) is -1.34. The van der Waals surface area contributed by atoms with Gasteiger partial charge in [0.1, 0.15) is 16.7 Å². The van der Waals surface area contributed by atoms with Gasteiger partial charge in [0.15, 0.2) is 0 Å². The van der Waals surface area contributed by atoms with Crippen molar-refractivity contribution in [1.29, 1.82) is 0 Å². The van der Waals surface area contributed by atoms with Crippen LogP contribution in [0.4, 0.5) is 0 Å². The van der Waals surface area contributed by atoms with E-state index in [2.05, 4.69) is 0 Å². The molecule has 0 aromatic heterocycles. The lowest BCUT2D eigenvalue weighted by atomic mass is 10.3. The Hall–Kier alpha value is -1.11. The molecule has 0 aromatic rings. The van der Waals surface area contributed by atoms with Crippen LogP contribution in [0.15, 0.2) is 0 Å². The van der Waals surface area contributed by atoms with Crippen molar-refractivity contribution < 1.29 is 23.1 Å². The maximum Gasteiger partial charge on any atom is 0.327 e. The summed E-state index contributed by atoms with van der Waals surface area (Å²) in [5.74, 6) is -2.51. The second kappa shape index (κ2) is 4.70. The fraction of sp³-hybridized carbons (Fsp3) is 0.600. The highest BCUT2D eigenvalue weighted by molar-refractivity contribution is 7.72. The van der Waals surface area contributed by atoms with Gasteiger partial charge >= 0.3 is 5.97 Å². The molecule has 7 heteroatoms. The predicted molar refractivity (Wildman–Crippen MR) is 40.4 cm³/mol. The molecule has 0 fully saturated rings. The van der Waals surface area contributed by atoms with Crippen molar-refractivity contribution in [1.82, 2.24) is 5.32 Å². The van der Waals surface area contributed by atoms with E-state index < -0.39 is 34.4 Å². The lowest BCUT2D eigenvalue weighted by molar-refractivity contribution is -0.140. The van der Waals surface area contributed by atoms with Crippen LogP contribution in [-0.4, -0.2) is 37.2 Å². The number of aliphatic carboxylic acids is 1. The van der Waals surface area contributed by atoms with Gasteiger partial charge in [-0.05, 0) is 0 Å². The van der Waals surface area contributed by atoms with Gasteiger partial charge in [0.25, 0.3) is 0 Å². The number of carbonyl (C=O) groups excluding carboxylic acids is 1. The van der Waals surface area contributed by atoms with Crippen molar-refractivity contribution in [3.05, 3.63) is 0 Å². The maximum absolute atomic E-state index is 10.4. The van der Waals surface area contributed by atoms with Gasteiger partial charge < -0.3 is 10.4 Å². The molecule has 12 heavy (non-hydrogen) atoms. The van der Waals surface area contributed by atoms with E-state index in [1.54, 1.807) is 0 Å². The molecule has 0 bridgehead atoms. The fourth-order valence-electron chi connectivity index (χ4n) is 0.580. The van der Waals surface area contributed by atoms with Gasteiger partial charge in [-0.3, -0.25) is 4.79 Å². The second-order valence-corrected chi connectivity index (χ2v) is 3.14. The first-order valence-corrected chi connectivity index (χ1v) is 4.41. The van der Waals surface area contributed by atoms with Gasteiger partial charge in [-0.15, -0.1) is 0 Å². The highest BCUT2D eigenvalue weighted by atomic mass is 32.2. The van der Waals surface area contributed by atoms with Crippen molar-refractivity contribution in [3.8, 4) is 0 Å². The van der Waals surface area contributed by atoms with Crippen molar-refractivity contribution in [3.63, 3.8) is 0 Å². The SMILES string of the molecule is CC(=O)N[C@@H](C[SH](=O)=O)C(=O)O. The van der Waals surface area contributed by atoms with Gasteiger partial charge in [0.05, 0.1) is 5.75 Å². The van der Waals surface area contributed by atoms with E-state index in [-0.39, 0.29) is 0 Å². The van der Waals surface area contributed by atoms with Gasteiger partial charge in [0.2, 0.25) is 5.91 Å². The third kappa shape index (κ3) is 4.67. The summed E-state index contributed by atoms with van der Waals surface area (Å²) >= 11 is 0. The Kier molecular flexibility index (Phi) is 4.27. The molecule has 2 N–H and O–H groups in total. The quantitative estimate of drug-likeness (QED) is 0.459. The smallest absolute Gasteiger partial charge is 0.327 e. The molecule has 70 valence electrons. The fourth-order valence-corrected chi connectivity index (χ4v) is 1.13. The van der Waals surface area contributed by atoms with Crippen LogP contribution >= 0.6 is 0 Å². The van der Waals surface area contributed by atoms with Gasteiger partial charge in [-0.1, -0.05) is 0 Å². The highest BCUT2D eigenvalue weighted by Crippen LogP contribution is 1.84. The van der Waals surface area contributed by atoms with Crippen LogP contribution in [0.25, 0.3) is 0 Å². The topological polar surface area (TPSA) is 101 Å². The summed E-state index contributed by atoms with van der Waals surface area (Å²) in [5.41, 5.74) is 0. The molecule has 0 heterocycles. The van der Waals surface area contributed by atoms with E-state index in [4.69, 9.17) is 5.11 Å².